The Kier molecular flexibility index (Phi) is 34.0. The Bertz CT molecular complexity index is 1460. The third-order valence-corrected chi connectivity index (χ3v) is 12.3. The van der Waals surface area contributed by atoms with Gasteiger partial charge in [0.05, 0.1) is 38.1 Å². The van der Waals surface area contributed by atoms with Crippen molar-refractivity contribution in [2.75, 3.05) is 26.4 Å². The Morgan fingerprint density at radius 2 is 0.677 bits per heavy atom. The molecule has 0 aliphatic carbocycles. The number of rotatable bonds is 42. The number of unbranched alkanes of at least 4 members (excludes halogenated alkanes) is 28. The molecule has 2 aromatic carbocycles. The maximum absolute atomic E-state index is 10.9. The van der Waals surface area contributed by atoms with Crippen LogP contribution in [-0.4, -0.2) is 26.4 Å². The fraction of sp³-hybridized carbons (Fsp3) is 0.737. The van der Waals surface area contributed by atoms with Crippen molar-refractivity contribution in [2.24, 2.45) is 0 Å². The SMILES string of the molecule is CCCCCCCCCCOc1cc(/C=C(\C#N)c2cc(OCCCCCCCCCC)c(C)cc2OCCCCCCCCCC)c(OCCCCCCCCCC)cc1C. The molecule has 2 rings (SSSR count). The minimum atomic E-state index is 0.544. The quantitative estimate of drug-likeness (QED) is 0.0378. The van der Waals surface area contributed by atoms with Crippen molar-refractivity contribution in [3.05, 3.63) is 46.5 Å². The summed E-state index contributed by atoms with van der Waals surface area (Å²) < 4.78 is 26.0. The second-order valence-corrected chi connectivity index (χ2v) is 18.2. The van der Waals surface area contributed by atoms with E-state index in [-0.39, 0.29) is 0 Å². The van der Waals surface area contributed by atoms with Crippen molar-refractivity contribution in [3.63, 3.8) is 0 Å². The lowest BCUT2D eigenvalue weighted by atomic mass is 9.99. The molecule has 0 saturated heterocycles. The number of aryl methyl sites for hydroxylation is 2. The number of nitrogens with zero attached hydrogens (tertiary/aromatic N) is 1. The maximum Gasteiger partial charge on any atom is 0.128 e. The van der Waals surface area contributed by atoms with E-state index in [1.807, 2.05) is 12.1 Å². The van der Waals surface area contributed by atoms with Gasteiger partial charge in [0.15, 0.2) is 0 Å². The lowest BCUT2D eigenvalue weighted by molar-refractivity contribution is 0.294. The highest BCUT2D eigenvalue weighted by Gasteiger charge is 2.17. The molecule has 0 spiro atoms. The highest BCUT2D eigenvalue weighted by Crippen LogP contribution is 2.37. The van der Waals surface area contributed by atoms with Gasteiger partial charge in [-0.1, -0.05) is 207 Å². The smallest absolute Gasteiger partial charge is 0.128 e. The van der Waals surface area contributed by atoms with Crippen molar-refractivity contribution < 1.29 is 18.9 Å². The molecule has 0 aliphatic heterocycles. The number of hydrogen-bond donors (Lipinski definition) is 0. The Morgan fingerprint density at radius 3 is 1.03 bits per heavy atom. The Labute approximate surface area is 383 Å². The van der Waals surface area contributed by atoms with E-state index in [9.17, 15) is 5.26 Å². The summed E-state index contributed by atoms with van der Waals surface area (Å²) in [5, 5.41) is 10.9. The van der Waals surface area contributed by atoms with Gasteiger partial charge < -0.3 is 18.9 Å². The van der Waals surface area contributed by atoms with Crippen LogP contribution in [-0.2, 0) is 0 Å². The molecule has 0 aromatic heterocycles. The summed E-state index contributed by atoms with van der Waals surface area (Å²) in [6.45, 7) is 15.9. The van der Waals surface area contributed by atoms with Crippen LogP contribution < -0.4 is 18.9 Å². The van der Waals surface area contributed by atoms with E-state index in [4.69, 9.17) is 18.9 Å². The van der Waals surface area contributed by atoms with Gasteiger partial charge in [-0.3, -0.25) is 0 Å². The second-order valence-electron chi connectivity index (χ2n) is 18.2. The summed E-state index contributed by atoms with van der Waals surface area (Å²) in [7, 11) is 0. The van der Waals surface area contributed by atoms with Gasteiger partial charge >= 0.3 is 0 Å². The standard InChI is InChI=1S/C57H95NO4/c1-7-11-15-19-23-27-31-35-39-59-54-46-51(56(43-49(54)5)61-41-37-33-29-25-21-17-13-9-3)45-52(48-58)53-47-55(60-40-36-32-28-24-20-16-12-8-2)50(6)44-57(53)62-42-38-34-30-26-22-18-14-10-4/h43-47H,7-42H2,1-6H3/b52-45+. The summed E-state index contributed by atoms with van der Waals surface area (Å²) in [6, 6.07) is 10.9. The van der Waals surface area contributed by atoms with Crippen molar-refractivity contribution >= 4 is 11.6 Å². The van der Waals surface area contributed by atoms with E-state index in [0.29, 0.717) is 32.0 Å². The first-order chi connectivity index (χ1) is 30.5. The predicted molar refractivity (Wildman–Crippen MR) is 268 cm³/mol. The molecule has 0 amide bonds. The molecule has 0 radical (unpaired) electrons. The minimum absolute atomic E-state index is 0.544. The summed E-state index contributed by atoms with van der Waals surface area (Å²) >= 11 is 0. The number of ether oxygens (including phenoxy) is 4. The molecule has 0 unspecified atom stereocenters. The lowest BCUT2D eigenvalue weighted by Crippen LogP contribution is -2.04. The molecule has 0 atom stereocenters. The molecule has 5 nitrogen and oxygen atoms in total. The van der Waals surface area contributed by atoms with Crippen molar-refractivity contribution in [2.45, 2.75) is 247 Å². The van der Waals surface area contributed by atoms with Crippen LogP contribution >= 0.6 is 0 Å². The van der Waals surface area contributed by atoms with Gasteiger partial charge in [-0.2, -0.15) is 5.26 Å². The molecular weight excluding hydrogens is 763 g/mol. The summed E-state index contributed by atoms with van der Waals surface area (Å²) in [5.74, 6) is 3.24. The lowest BCUT2D eigenvalue weighted by Gasteiger charge is -2.17. The van der Waals surface area contributed by atoms with E-state index in [1.54, 1.807) is 0 Å². The molecule has 0 N–H and O–H groups in total. The first kappa shape index (κ1) is 55.0. The molecule has 0 saturated carbocycles. The van der Waals surface area contributed by atoms with Gasteiger partial charge in [0.25, 0.3) is 0 Å². The Balaban J connectivity index is 2.32. The van der Waals surface area contributed by atoms with Crippen LogP contribution in [0.1, 0.15) is 255 Å². The van der Waals surface area contributed by atoms with E-state index in [1.165, 1.54) is 173 Å². The Hall–Kier alpha value is -3.13. The topological polar surface area (TPSA) is 60.7 Å². The number of nitriles is 1. The van der Waals surface area contributed by atoms with Crippen LogP contribution in [0.15, 0.2) is 24.3 Å². The number of allylic oxidation sites excluding steroid dienone is 1. The van der Waals surface area contributed by atoms with Gasteiger partial charge in [0.1, 0.15) is 23.0 Å². The van der Waals surface area contributed by atoms with Crippen LogP contribution in [0.3, 0.4) is 0 Å². The van der Waals surface area contributed by atoms with Crippen LogP contribution in [0.25, 0.3) is 11.6 Å². The van der Waals surface area contributed by atoms with Gasteiger partial charge in [0, 0.05) is 11.1 Å². The summed E-state index contributed by atoms with van der Waals surface area (Å²) in [4.78, 5) is 0. The van der Waals surface area contributed by atoms with Gasteiger partial charge in [0.2, 0.25) is 0 Å². The van der Waals surface area contributed by atoms with Crippen LogP contribution in [0, 0.1) is 25.2 Å². The molecule has 0 bridgehead atoms. The molecule has 62 heavy (non-hydrogen) atoms. The highest BCUT2D eigenvalue weighted by atomic mass is 16.5. The normalized spacial score (nSPS) is 11.5. The van der Waals surface area contributed by atoms with Crippen LogP contribution in [0.5, 0.6) is 23.0 Å². The zero-order valence-electron chi connectivity index (χ0n) is 41.4. The second kappa shape index (κ2) is 38.3. The monoisotopic (exact) mass is 858 g/mol. The van der Waals surface area contributed by atoms with Gasteiger partial charge in [-0.15, -0.1) is 0 Å². The molecule has 0 aliphatic rings. The number of benzene rings is 2. The van der Waals surface area contributed by atoms with Crippen molar-refractivity contribution in [3.8, 4) is 29.1 Å². The minimum Gasteiger partial charge on any atom is -0.493 e. The number of hydrogen-bond acceptors (Lipinski definition) is 5. The average molecular weight is 858 g/mol. The molecule has 5 heteroatoms. The first-order valence-corrected chi connectivity index (χ1v) is 26.4. The molecule has 2 aromatic rings. The van der Waals surface area contributed by atoms with Crippen molar-refractivity contribution in [1.29, 1.82) is 5.26 Å². The zero-order valence-corrected chi connectivity index (χ0v) is 41.4. The van der Waals surface area contributed by atoms with Crippen molar-refractivity contribution in [1.82, 2.24) is 0 Å². The summed E-state index contributed by atoms with van der Waals surface area (Å²) in [6.07, 6.45) is 42.2. The van der Waals surface area contributed by atoms with Gasteiger partial charge in [-0.05, 0) is 81.0 Å². The summed E-state index contributed by atoms with van der Waals surface area (Å²) in [5.41, 5.74) is 4.29. The maximum atomic E-state index is 10.9. The van der Waals surface area contributed by atoms with E-state index < -0.39 is 0 Å². The van der Waals surface area contributed by atoms with E-state index >= 15 is 0 Å². The Morgan fingerprint density at radius 1 is 0.387 bits per heavy atom. The third kappa shape index (κ3) is 25.8. The molecule has 0 heterocycles. The fourth-order valence-corrected chi connectivity index (χ4v) is 8.22. The zero-order chi connectivity index (χ0) is 44.7. The van der Waals surface area contributed by atoms with E-state index in [2.05, 4.69) is 65.8 Å². The molecular formula is C57H95NO4. The first-order valence-electron chi connectivity index (χ1n) is 26.4. The molecule has 0 fully saturated rings. The third-order valence-electron chi connectivity index (χ3n) is 12.3. The molecule has 352 valence electrons. The largest absolute Gasteiger partial charge is 0.493 e. The predicted octanol–water partition coefficient (Wildman–Crippen LogP) is 18.4. The van der Waals surface area contributed by atoms with Gasteiger partial charge in [-0.25, -0.2) is 0 Å². The van der Waals surface area contributed by atoms with Crippen LogP contribution in [0.2, 0.25) is 0 Å². The average Bonchev–Trinajstić information content (AvgIpc) is 3.27. The van der Waals surface area contributed by atoms with E-state index in [0.717, 1.165) is 77.4 Å². The fourth-order valence-electron chi connectivity index (χ4n) is 8.22. The highest BCUT2D eigenvalue weighted by molar-refractivity contribution is 5.93. The van der Waals surface area contributed by atoms with Crippen LogP contribution in [0.4, 0.5) is 0 Å².